The van der Waals surface area contributed by atoms with Crippen LogP contribution in [0.1, 0.15) is 5.56 Å². The van der Waals surface area contributed by atoms with Crippen LogP contribution >= 0.6 is 23.4 Å². The van der Waals surface area contributed by atoms with Gasteiger partial charge in [-0.3, -0.25) is 4.79 Å². The highest BCUT2D eigenvalue weighted by molar-refractivity contribution is 7.98. The maximum absolute atomic E-state index is 13.7. The van der Waals surface area contributed by atoms with Crippen LogP contribution in [0.4, 0.5) is 4.39 Å². The van der Waals surface area contributed by atoms with E-state index in [0.29, 0.717) is 40.1 Å². The second kappa shape index (κ2) is 8.45. The van der Waals surface area contributed by atoms with Crippen LogP contribution < -0.4 is 14.8 Å². The first kappa shape index (κ1) is 17.9. The number of thioether (sulfide) groups is 1. The molecule has 1 N–H and O–H groups in total. The number of ether oxygens (including phenoxy) is 2. The summed E-state index contributed by atoms with van der Waals surface area (Å²) in [5.41, 5.74) is 0.487. The topological polar surface area (TPSA) is 47.6 Å². The number of halogens is 2. The van der Waals surface area contributed by atoms with Crippen LogP contribution in [0.15, 0.2) is 42.5 Å². The minimum absolute atomic E-state index is 0.181. The Morgan fingerprint density at radius 1 is 1.24 bits per heavy atom. The van der Waals surface area contributed by atoms with E-state index in [4.69, 9.17) is 21.1 Å². The molecular formula is C18H17ClFNO3S. The summed E-state index contributed by atoms with van der Waals surface area (Å²) >= 11 is 7.48. The van der Waals surface area contributed by atoms with Crippen LogP contribution in [0.2, 0.25) is 5.02 Å². The van der Waals surface area contributed by atoms with Crippen molar-refractivity contribution in [2.75, 3.05) is 18.9 Å². The molecule has 0 unspecified atom stereocenters. The van der Waals surface area contributed by atoms with Crippen molar-refractivity contribution in [2.45, 2.75) is 11.9 Å². The fraction of sp³-hybridized carbons (Fsp3) is 0.278. The monoisotopic (exact) mass is 381 g/mol. The summed E-state index contributed by atoms with van der Waals surface area (Å²) in [6, 6.07) is 11.9. The summed E-state index contributed by atoms with van der Waals surface area (Å²) < 4.78 is 24.8. The first-order chi connectivity index (χ1) is 12.1. The van der Waals surface area contributed by atoms with Crippen molar-refractivity contribution in [3.8, 4) is 11.5 Å². The molecule has 0 saturated heterocycles. The third kappa shape index (κ3) is 4.58. The Labute approximate surface area is 154 Å². The van der Waals surface area contributed by atoms with Crippen LogP contribution in [-0.2, 0) is 10.5 Å². The number of nitrogens with one attached hydrogen (secondary N) is 1. The van der Waals surface area contributed by atoms with E-state index in [1.165, 1.54) is 17.8 Å². The van der Waals surface area contributed by atoms with Crippen molar-refractivity contribution in [1.82, 2.24) is 5.32 Å². The molecule has 0 spiro atoms. The van der Waals surface area contributed by atoms with Crippen molar-refractivity contribution in [2.24, 2.45) is 0 Å². The van der Waals surface area contributed by atoms with Gasteiger partial charge in [0, 0.05) is 28.6 Å². The van der Waals surface area contributed by atoms with E-state index >= 15 is 0 Å². The Kier molecular flexibility index (Phi) is 6.04. The van der Waals surface area contributed by atoms with E-state index in [9.17, 15) is 9.18 Å². The maximum atomic E-state index is 13.7. The van der Waals surface area contributed by atoms with Crippen molar-refractivity contribution < 1.29 is 18.7 Å². The molecule has 0 bridgehead atoms. The summed E-state index contributed by atoms with van der Waals surface area (Å²) in [6.45, 7) is 0.637. The van der Waals surface area contributed by atoms with E-state index in [1.807, 2.05) is 12.1 Å². The Balaban J connectivity index is 1.40. The minimum atomic E-state index is -0.666. The molecule has 1 aliphatic rings. The zero-order valence-corrected chi connectivity index (χ0v) is 14.9. The number of amides is 1. The molecule has 2 aromatic carbocycles. The fourth-order valence-electron chi connectivity index (χ4n) is 2.35. The van der Waals surface area contributed by atoms with Crippen molar-refractivity contribution in [3.63, 3.8) is 0 Å². The predicted molar refractivity (Wildman–Crippen MR) is 96.9 cm³/mol. The zero-order valence-electron chi connectivity index (χ0n) is 13.3. The summed E-state index contributed by atoms with van der Waals surface area (Å²) in [5, 5.41) is 3.23. The summed E-state index contributed by atoms with van der Waals surface area (Å²) in [5.74, 6) is 1.77. The maximum Gasteiger partial charge on any atom is 0.264 e. The molecule has 25 heavy (non-hydrogen) atoms. The van der Waals surface area contributed by atoms with Crippen LogP contribution in [0, 0.1) is 5.82 Å². The number of para-hydroxylation sites is 2. The highest BCUT2D eigenvalue weighted by Crippen LogP contribution is 2.30. The van der Waals surface area contributed by atoms with Gasteiger partial charge in [0.25, 0.3) is 5.91 Å². The number of rotatable bonds is 6. The number of carbonyl (C=O) groups excluding carboxylic acids is 1. The largest absolute Gasteiger partial charge is 0.485 e. The lowest BCUT2D eigenvalue weighted by atomic mass is 10.2. The van der Waals surface area contributed by atoms with Gasteiger partial charge in [-0.05, 0) is 24.3 Å². The van der Waals surface area contributed by atoms with Gasteiger partial charge in [0.15, 0.2) is 11.5 Å². The molecule has 4 nitrogen and oxygen atoms in total. The quantitative estimate of drug-likeness (QED) is 0.775. The van der Waals surface area contributed by atoms with Gasteiger partial charge in [0.05, 0.1) is 0 Å². The molecule has 0 saturated carbocycles. The van der Waals surface area contributed by atoms with Crippen LogP contribution in [0.25, 0.3) is 0 Å². The third-order valence-corrected chi connectivity index (χ3v) is 4.99. The van der Waals surface area contributed by atoms with Crippen LogP contribution in [-0.4, -0.2) is 30.9 Å². The van der Waals surface area contributed by atoms with E-state index in [2.05, 4.69) is 5.32 Å². The minimum Gasteiger partial charge on any atom is -0.485 e. The molecule has 7 heteroatoms. The first-order valence-corrected chi connectivity index (χ1v) is 9.35. The molecule has 0 aromatic heterocycles. The lowest BCUT2D eigenvalue weighted by Gasteiger charge is -2.25. The molecule has 1 aliphatic heterocycles. The molecule has 0 fully saturated rings. The second-order valence-electron chi connectivity index (χ2n) is 5.41. The predicted octanol–water partition coefficient (Wildman–Crippen LogP) is 3.67. The van der Waals surface area contributed by atoms with E-state index in [-0.39, 0.29) is 18.3 Å². The number of carbonyl (C=O) groups is 1. The SMILES string of the molecule is O=C(NCCSCc1c(F)cccc1Cl)[C@H]1COc2ccccc2O1. The summed E-state index contributed by atoms with van der Waals surface area (Å²) in [6.07, 6.45) is -0.666. The van der Waals surface area contributed by atoms with Crippen molar-refractivity contribution >= 4 is 29.3 Å². The van der Waals surface area contributed by atoms with Gasteiger partial charge in [-0.15, -0.1) is 0 Å². The average Bonchev–Trinajstić information content (AvgIpc) is 2.63. The molecule has 0 aliphatic carbocycles. The average molecular weight is 382 g/mol. The third-order valence-electron chi connectivity index (χ3n) is 3.65. The number of hydrogen-bond donors (Lipinski definition) is 1. The summed E-state index contributed by atoms with van der Waals surface area (Å²) in [7, 11) is 0. The molecule has 0 radical (unpaired) electrons. The molecule has 132 valence electrons. The standard InChI is InChI=1S/C18H17ClFNO3S/c19-13-4-3-5-14(20)12(13)11-25-9-8-21-18(22)17-10-23-15-6-1-2-7-16(15)24-17/h1-7,17H,8-11H2,(H,21,22)/t17-/m1/s1. The van der Waals surface area contributed by atoms with Crippen molar-refractivity contribution in [1.29, 1.82) is 0 Å². The Hall–Kier alpha value is -1.92. The van der Waals surface area contributed by atoms with E-state index in [1.54, 1.807) is 24.3 Å². The van der Waals surface area contributed by atoms with Gasteiger partial charge < -0.3 is 14.8 Å². The Morgan fingerprint density at radius 2 is 2.04 bits per heavy atom. The molecule has 3 rings (SSSR count). The van der Waals surface area contributed by atoms with Crippen LogP contribution in [0.5, 0.6) is 11.5 Å². The lowest BCUT2D eigenvalue weighted by Crippen LogP contribution is -2.44. The Bertz CT molecular complexity index is 739. The van der Waals surface area contributed by atoms with Gasteiger partial charge >= 0.3 is 0 Å². The Morgan fingerprint density at radius 3 is 2.84 bits per heavy atom. The summed E-state index contributed by atoms with van der Waals surface area (Å²) in [4.78, 5) is 12.1. The number of hydrogen-bond acceptors (Lipinski definition) is 4. The second-order valence-corrected chi connectivity index (χ2v) is 6.92. The smallest absolute Gasteiger partial charge is 0.264 e. The number of fused-ring (bicyclic) bond motifs is 1. The highest BCUT2D eigenvalue weighted by Gasteiger charge is 2.26. The fourth-order valence-corrected chi connectivity index (χ4v) is 3.55. The first-order valence-electron chi connectivity index (χ1n) is 7.82. The highest BCUT2D eigenvalue weighted by atomic mass is 35.5. The zero-order chi connectivity index (χ0) is 17.6. The lowest BCUT2D eigenvalue weighted by molar-refractivity contribution is -0.130. The van der Waals surface area contributed by atoms with Crippen LogP contribution in [0.3, 0.4) is 0 Å². The molecule has 2 aromatic rings. The molecule has 1 amide bonds. The molecular weight excluding hydrogens is 365 g/mol. The van der Waals surface area contributed by atoms with Gasteiger partial charge in [0.2, 0.25) is 6.10 Å². The van der Waals surface area contributed by atoms with Gasteiger partial charge in [0.1, 0.15) is 12.4 Å². The van der Waals surface area contributed by atoms with Gasteiger partial charge in [-0.1, -0.05) is 29.8 Å². The van der Waals surface area contributed by atoms with E-state index < -0.39 is 6.10 Å². The molecule has 1 heterocycles. The molecule has 1 atom stereocenters. The normalized spacial score (nSPS) is 15.7. The van der Waals surface area contributed by atoms with Gasteiger partial charge in [-0.25, -0.2) is 4.39 Å². The van der Waals surface area contributed by atoms with Crippen molar-refractivity contribution in [3.05, 3.63) is 58.9 Å². The number of benzene rings is 2. The van der Waals surface area contributed by atoms with E-state index in [0.717, 1.165) is 0 Å². The van der Waals surface area contributed by atoms with Gasteiger partial charge in [-0.2, -0.15) is 11.8 Å².